The van der Waals surface area contributed by atoms with Gasteiger partial charge in [-0.05, 0) is 109 Å². The maximum absolute atomic E-state index is 5.96. The van der Waals surface area contributed by atoms with Crippen LogP contribution in [0.2, 0.25) is 0 Å². The summed E-state index contributed by atoms with van der Waals surface area (Å²) in [7, 11) is 0. The molecule has 4 rings (SSSR count). The molecule has 0 radical (unpaired) electrons. The number of nitrogen functional groups attached to an aromatic ring is 2. The van der Waals surface area contributed by atoms with Crippen molar-refractivity contribution in [1.29, 1.82) is 0 Å². The van der Waals surface area contributed by atoms with E-state index in [1.165, 1.54) is 0 Å². The molecule has 0 atom stereocenters. The van der Waals surface area contributed by atoms with E-state index in [4.69, 9.17) is 30.4 Å². The number of hydrogen-bond acceptors (Lipinski definition) is 6. The van der Waals surface area contributed by atoms with Crippen molar-refractivity contribution >= 4 is 22.1 Å². The van der Waals surface area contributed by atoms with Gasteiger partial charge in [0.05, 0.1) is 26.4 Å². The van der Waals surface area contributed by atoms with E-state index in [-0.39, 0.29) is 0 Å². The van der Waals surface area contributed by atoms with E-state index >= 15 is 0 Å². The van der Waals surface area contributed by atoms with E-state index < -0.39 is 0 Å². The quantitative estimate of drug-likeness (QED) is 0.157. The van der Waals surface area contributed by atoms with Gasteiger partial charge >= 0.3 is 0 Å². The first-order valence-corrected chi connectivity index (χ1v) is 12.4. The minimum absolute atomic E-state index is 0.644. The Kier molecular flexibility index (Phi) is 9.14. The van der Waals surface area contributed by atoms with Crippen LogP contribution in [0.15, 0.2) is 84.9 Å². The van der Waals surface area contributed by atoms with Gasteiger partial charge < -0.3 is 30.4 Å². The fraction of sp³-hybridized carbons (Fsp3) is 0.267. The highest BCUT2D eigenvalue weighted by Gasteiger charge is 2.02. The Morgan fingerprint density at radius 1 is 0.389 bits per heavy atom. The predicted octanol–water partition coefficient (Wildman–Crippen LogP) is 6.48. The summed E-state index contributed by atoms with van der Waals surface area (Å²) in [4.78, 5) is 0. The summed E-state index contributed by atoms with van der Waals surface area (Å²) in [6.07, 6.45) is 3.67. The third-order valence-corrected chi connectivity index (χ3v) is 5.70. The SMILES string of the molecule is Nc1ccc(OCCCCOc2ccc3ccc(OCCCCOc4ccc(N)cc4)cc3c2)cc1. The number of nitrogens with two attached hydrogens (primary N) is 2. The molecule has 4 aromatic rings. The minimum Gasteiger partial charge on any atom is -0.494 e. The molecule has 6 nitrogen and oxygen atoms in total. The lowest BCUT2D eigenvalue weighted by atomic mass is 10.1. The van der Waals surface area contributed by atoms with E-state index in [0.29, 0.717) is 26.4 Å². The number of hydrogen-bond donors (Lipinski definition) is 2. The van der Waals surface area contributed by atoms with Crippen LogP contribution in [0.5, 0.6) is 23.0 Å². The number of benzene rings is 4. The van der Waals surface area contributed by atoms with Crippen LogP contribution in [0.1, 0.15) is 25.7 Å². The number of rotatable bonds is 14. The van der Waals surface area contributed by atoms with Gasteiger partial charge in [-0.3, -0.25) is 0 Å². The Morgan fingerprint density at radius 2 is 0.722 bits per heavy atom. The molecule has 36 heavy (non-hydrogen) atoms. The molecule has 0 aliphatic rings. The molecule has 6 heteroatoms. The lowest BCUT2D eigenvalue weighted by Gasteiger charge is -2.10. The van der Waals surface area contributed by atoms with Crippen molar-refractivity contribution in [2.75, 3.05) is 37.9 Å². The molecular weight excluding hydrogens is 452 g/mol. The molecule has 0 aliphatic carbocycles. The lowest BCUT2D eigenvalue weighted by molar-refractivity contribution is 0.266. The topological polar surface area (TPSA) is 89.0 Å². The van der Waals surface area contributed by atoms with Crippen molar-refractivity contribution in [1.82, 2.24) is 0 Å². The zero-order valence-corrected chi connectivity index (χ0v) is 20.5. The Hall–Kier alpha value is -4.06. The van der Waals surface area contributed by atoms with E-state index in [1.54, 1.807) is 0 Å². The average molecular weight is 487 g/mol. The Balaban J connectivity index is 1.14. The molecular formula is C30H34N2O4. The summed E-state index contributed by atoms with van der Waals surface area (Å²) in [5, 5.41) is 2.26. The second-order valence-electron chi connectivity index (χ2n) is 8.62. The van der Waals surface area contributed by atoms with Gasteiger partial charge in [-0.1, -0.05) is 12.1 Å². The van der Waals surface area contributed by atoms with Crippen LogP contribution in [-0.2, 0) is 0 Å². The van der Waals surface area contributed by atoms with Crippen LogP contribution in [0.3, 0.4) is 0 Å². The van der Waals surface area contributed by atoms with Crippen molar-refractivity contribution in [3.05, 3.63) is 84.9 Å². The van der Waals surface area contributed by atoms with Crippen molar-refractivity contribution in [3.8, 4) is 23.0 Å². The monoisotopic (exact) mass is 486 g/mol. The van der Waals surface area contributed by atoms with Crippen LogP contribution in [-0.4, -0.2) is 26.4 Å². The highest BCUT2D eigenvalue weighted by Crippen LogP contribution is 2.25. The smallest absolute Gasteiger partial charge is 0.119 e. The first-order chi connectivity index (χ1) is 17.7. The summed E-state index contributed by atoms with van der Waals surface area (Å²) in [6, 6.07) is 27.2. The summed E-state index contributed by atoms with van der Waals surface area (Å²) in [6.45, 7) is 2.59. The molecule has 0 bridgehead atoms. The number of unbranched alkanes of at least 4 members (excludes halogenated alkanes) is 2. The molecule has 0 aromatic heterocycles. The molecule has 0 heterocycles. The van der Waals surface area contributed by atoms with Crippen LogP contribution >= 0.6 is 0 Å². The highest BCUT2D eigenvalue weighted by atomic mass is 16.5. The maximum atomic E-state index is 5.96. The highest BCUT2D eigenvalue weighted by molar-refractivity contribution is 5.85. The van der Waals surface area contributed by atoms with Crippen molar-refractivity contribution in [2.45, 2.75) is 25.7 Å². The van der Waals surface area contributed by atoms with Gasteiger partial charge in [0.2, 0.25) is 0 Å². The van der Waals surface area contributed by atoms with Gasteiger partial charge in [-0.25, -0.2) is 0 Å². The average Bonchev–Trinajstić information content (AvgIpc) is 2.90. The van der Waals surface area contributed by atoms with Crippen molar-refractivity contribution < 1.29 is 18.9 Å². The van der Waals surface area contributed by atoms with E-state index in [0.717, 1.165) is 70.8 Å². The van der Waals surface area contributed by atoms with Gasteiger partial charge in [-0.2, -0.15) is 0 Å². The molecule has 0 saturated carbocycles. The molecule has 0 saturated heterocycles. The van der Waals surface area contributed by atoms with E-state index in [1.807, 2.05) is 60.7 Å². The maximum Gasteiger partial charge on any atom is 0.119 e. The molecule has 0 fully saturated rings. The van der Waals surface area contributed by atoms with Crippen molar-refractivity contribution in [3.63, 3.8) is 0 Å². The van der Waals surface area contributed by atoms with Gasteiger partial charge in [0.1, 0.15) is 23.0 Å². The Labute approximate surface area is 212 Å². The minimum atomic E-state index is 0.644. The van der Waals surface area contributed by atoms with Gasteiger partial charge in [0, 0.05) is 11.4 Å². The fourth-order valence-corrected chi connectivity index (χ4v) is 3.68. The first kappa shape index (κ1) is 25.0. The third-order valence-electron chi connectivity index (χ3n) is 5.70. The van der Waals surface area contributed by atoms with E-state index in [2.05, 4.69) is 24.3 Å². The van der Waals surface area contributed by atoms with Gasteiger partial charge in [-0.15, -0.1) is 0 Å². The van der Waals surface area contributed by atoms with Gasteiger partial charge in [0.25, 0.3) is 0 Å². The van der Waals surface area contributed by atoms with E-state index in [9.17, 15) is 0 Å². The molecule has 188 valence electrons. The van der Waals surface area contributed by atoms with Gasteiger partial charge in [0.15, 0.2) is 0 Å². The molecule has 4 aromatic carbocycles. The standard InChI is InChI=1S/C30H34N2O4/c31-25-7-13-27(14-8-25)33-17-1-3-19-35-29-11-5-23-6-12-30(22-24(23)21-29)36-20-4-2-18-34-28-15-9-26(32)10-16-28/h5-16,21-22H,1-4,17-20,31-32H2. The van der Waals surface area contributed by atoms with Crippen LogP contribution < -0.4 is 30.4 Å². The number of anilines is 2. The zero-order valence-electron chi connectivity index (χ0n) is 20.5. The first-order valence-electron chi connectivity index (χ1n) is 12.4. The molecule has 0 aliphatic heterocycles. The van der Waals surface area contributed by atoms with Crippen LogP contribution in [0.4, 0.5) is 11.4 Å². The number of fused-ring (bicyclic) bond motifs is 1. The van der Waals surface area contributed by atoms with Crippen LogP contribution in [0, 0.1) is 0 Å². The second-order valence-corrected chi connectivity index (χ2v) is 8.62. The summed E-state index contributed by atoms with van der Waals surface area (Å²) >= 11 is 0. The molecule has 4 N–H and O–H groups in total. The summed E-state index contributed by atoms with van der Waals surface area (Å²) in [5.41, 5.74) is 12.9. The molecule has 0 spiro atoms. The molecule has 0 unspecified atom stereocenters. The number of ether oxygens (including phenoxy) is 4. The van der Waals surface area contributed by atoms with Crippen LogP contribution in [0.25, 0.3) is 10.8 Å². The Morgan fingerprint density at radius 3 is 1.11 bits per heavy atom. The third kappa shape index (κ3) is 8.01. The lowest BCUT2D eigenvalue weighted by Crippen LogP contribution is -2.03. The Bertz CT molecular complexity index is 1120. The normalized spacial score (nSPS) is 10.8. The fourth-order valence-electron chi connectivity index (χ4n) is 3.68. The van der Waals surface area contributed by atoms with Crippen molar-refractivity contribution in [2.24, 2.45) is 0 Å². The molecule has 0 amide bonds. The summed E-state index contributed by atoms with van der Waals surface area (Å²) < 4.78 is 23.4. The second kappa shape index (κ2) is 13.1. The zero-order chi connectivity index (χ0) is 25.0. The predicted molar refractivity (Wildman–Crippen MR) is 146 cm³/mol. The summed E-state index contributed by atoms with van der Waals surface area (Å²) in [5.74, 6) is 3.39. The largest absolute Gasteiger partial charge is 0.494 e.